The molecule has 2 aromatic heterocycles. The Balaban J connectivity index is 1.78. The van der Waals surface area contributed by atoms with Gasteiger partial charge in [0.1, 0.15) is 11.6 Å². The summed E-state index contributed by atoms with van der Waals surface area (Å²) in [6.45, 7) is 4.78. The first-order valence-electron chi connectivity index (χ1n) is 8.68. The minimum absolute atomic E-state index is 0.357. The van der Waals surface area contributed by atoms with E-state index in [-0.39, 0.29) is 6.04 Å². The Morgan fingerprint density at radius 2 is 2.11 bits per heavy atom. The summed E-state index contributed by atoms with van der Waals surface area (Å²) in [5.41, 5.74) is 0.796. The van der Waals surface area contributed by atoms with Crippen LogP contribution in [0.15, 0.2) is 41.2 Å². The second-order valence-corrected chi connectivity index (χ2v) is 7.84. The van der Waals surface area contributed by atoms with Crippen LogP contribution in [0.3, 0.4) is 0 Å². The Morgan fingerprint density at radius 3 is 2.67 bits per heavy atom. The standard InChI is InChI=1S/C19H22N4O3S/c1-12(23-17(25)19(2,3)22-18(23)26)16(24)21-15(10-13-7-9-27-11-13)14-6-4-5-8-20-14/h4-9,11-12,15H,10H2,1-3H3,(H,21,24)(H,22,26)/t12-,15-/m1/s1. The van der Waals surface area contributed by atoms with Crippen molar-refractivity contribution in [2.45, 2.75) is 44.8 Å². The Kier molecular flexibility index (Phi) is 5.27. The first-order valence-corrected chi connectivity index (χ1v) is 9.62. The van der Waals surface area contributed by atoms with Gasteiger partial charge in [-0.2, -0.15) is 11.3 Å². The molecule has 1 aliphatic heterocycles. The molecule has 3 heterocycles. The number of thiophene rings is 1. The molecule has 1 fully saturated rings. The van der Waals surface area contributed by atoms with E-state index in [0.29, 0.717) is 6.42 Å². The highest BCUT2D eigenvalue weighted by Gasteiger charge is 2.48. The summed E-state index contributed by atoms with van der Waals surface area (Å²) in [6.07, 6.45) is 2.25. The normalized spacial score (nSPS) is 18.1. The molecule has 2 aromatic rings. The topological polar surface area (TPSA) is 91.4 Å². The monoisotopic (exact) mass is 386 g/mol. The number of rotatable bonds is 6. The van der Waals surface area contributed by atoms with Crippen LogP contribution in [0.2, 0.25) is 0 Å². The Hall–Kier alpha value is -2.74. The van der Waals surface area contributed by atoms with E-state index in [1.54, 1.807) is 38.3 Å². The fraction of sp³-hybridized carbons (Fsp3) is 0.368. The van der Waals surface area contributed by atoms with Gasteiger partial charge in [-0.1, -0.05) is 6.07 Å². The third-order valence-corrected chi connectivity index (χ3v) is 5.27. The summed E-state index contributed by atoms with van der Waals surface area (Å²) in [5, 5.41) is 9.54. The van der Waals surface area contributed by atoms with E-state index >= 15 is 0 Å². The molecule has 2 N–H and O–H groups in total. The second-order valence-electron chi connectivity index (χ2n) is 7.06. The second kappa shape index (κ2) is 7.48. The van der Waals surface area contributed by atoms with Crippen molar-refractivity contribution in [2.75, 3.05) is 0 Å². The summed E-state index contributed by atoms with van der Waals surface area (Å²) in [7, 11) is 0. The lowest BCUT2D eigenvalue weighted by atomic mass is 10.0. The van der Waals surface area contributed by atoms with Crippen molar-refractivity contribution in [1.29, 1.82) is 0 Å². The van der Waals surface area contributed by atoms with E-state index in [1.807, 2.05) is 35.0 Å². The van der Waals surface area contributed by atoms with Crippen LogP contribution in [0.25, 0.3) is 0 Å². The van der Waals surface area contributed by atoms with Crippen molar-refractivity contribution in [1.82, 2.24) is 20.5 Å². The number of imide groups is 1. The van der Waals surface area contributed by atoms with Crippen molar-refractivity contribution >= 4 is 29.2 Å². The molecular weight excluding hydrogens is 364 g/mol. The lowest BCUT2D eigenvalue weighted by Gasteiger charge is -2.25. The van der Waals surface area contributed by atoms with Crippen LogP contribution in [0, 0.1) is 0 Å². The zero-order valence-corrected chi connectivity index (χ0v) is 16.2. The predicted molar refractivity (Wildman–Crippen MR) is 102 cm³/mol. The van der Waals surface area contributed by atoms with Gasteiger partial charge in [-0.15, -0.1) is 0 Å². The fourth-order valence-electron chi connectivity index (χ4n) is 2.99. The smallest absolute Gasteiger partial charge is 0.325 e. The third-order valence-electron chi connectivity index (χ3n) is 4.54. The molecule has 4 amide bonds. The zero-order chi connectivity index (χ0) is 19.6. The molecule has 0 aromatic carbocycles. The number of hydrogen-bond acceptors (Lipinski definition) is 5. The van der Waals surface area contributed by atoms with Crippen LogP contribution < -0.4 is 10.6 Å². The quantitative estimate of drug-likeness (QED) is 0.745. The van der Waals surface area contributed by atoms with E-state index in [1.165, 1.54) is 0 Å². The minimum atomic E-state index is -1.01. The van der Waals surface area contributed by atoms with Crippen molar-refractivity contribution in [2.24, 2.45) is 0 Å². The molecule has 0 saturated carbocycles. The van der Waals surface area contributed by atoms with Gasteiger partial charge in [0.05, 0.1) is 11.7 Å². The molecule has 0 spiro atoms. The summed E-state index contributed by atoms with van der Waals surface area (Å²) >= 11 is 1.58. The van der Waals surface area contributed by atoms with Crippen LogP contribution in [0.5, 0.6) is 0 Å². The zero-order valence-electron chi connectivity index (χ0n) is 15.4. The van der Waals surface area contributed by atoms with E-state index in [4.69, 9.17) is 0 Å². The molecule has 1 saturated heterocycles. The fourth-order valence-corrected chi connectivity index (χ4v) is 3.67. The molecule has 8 heteroatoms. The molecule has 27 heavy (non-hydrogen) atoms. The third kappa shape index (κ3) is 4.00. The number of pyridine rings is 1. The number of carbonyl (C=O) groups is 3. The predicted octanol–water partition coefficient (Wildman–Crippen LogP) is 2.26. The van der Waals surface area contributed by atoms with Gasteiger partial charge in [0, 0.05) is 6.20 Å². The summed E-state index contributed by atoms with van der Waals surface area (Å²) in [5.74, 6) is -0.815. The van der Waals surface area contributed by atoms with Gasteiger partial charge in [-0.25, -0.2) is 9.69 Å². The Labute approximate surface area is 161 Å². The molecular formula is C19H22N4O3S. The molecule has 3 rings (SSSR count). The molecule has 0 radical (unpaired) electrons. The molecule has 142 valence electrons. The minimum Gasteiger partial charge on any atom is -0.346 e. The number of amides is 4. The number of aromatic nitrogens is 1. The lowest BCUT2D eigenvalue weighted by Crippen LogP contribution is -2.50. The van der Waals surface area contributed by atoms with Gasteiger partial charge in [0.15, 0.2) is 0 Å². The van der Waals surface area contributed by atoms with Gasteiger partial charge < -0.3 is 10.6 Å². The molecule has 2 atom stereocenters. The van der Waals surface area contributed by atoms with Crippen LogP contribution in [-0.4, -0.2) is 39.3 Å². The maximum atomic E-state index is 12.8. The summed E-state index contributed by atoms with van der Waals surface area (Å²) in [4.78, 5) is 42.8. The van der Waals surface area contributed by atoms with Crippen molar-refractivity contribution < 1.29 is 14.4 Å². The van der Waals surface area contributed by atoms with E-state index in [0.717, 1.165) is 16.2 Å². The Bertz CT molecular complexity index is 836. The van der Waals surface area contributed by atoms with Gasteiger partial charge in [-0.05, 0) is 61.7 Å². The van der Waals surface area contributed by atoms with E-state index < -0.39 is 29.4 Å². The number of hydrogen-bond donors (Lipinski definition) is 2. The van der Waals surface area contributed by atoms with E-state index in [2.05, 4.69) is 15.6 Å². The first kappa shape index (κ1) is 19.0. The average molecular weight is 386 g/mol. The molecule has 0 unspecified atom stereocenters. The summed E-state index contributed by atoms with van der Waals surface area (Å²) < 4.78 is 0. The van der Waals surface area contributed by atoms with Crippen molar-refractivity contribution in [3.63, 3.8) is 0 Å². The van der Waals surface area contributed by atoms with Crippen LogP contribution in [0.4, 0.5) is 4.79 Å². The SMILES string of the molecule is C[C@H](C(=O)N[C@H](Cc1ccsc1)c1ccccn1)N1C(=O)NC(C)(C)C1=O. The van der Waals surface area contributed by atoms with Crippen LogP contribution in [0.1, 0.15) is 38.1 Å². The largest absolute Gasteiger partial charge is 0.346 e. The number of nitrogens with zero attached hydrogens (tertiary/aromatic N) is 2. The first-order chi connectivity index (χ1) is 12.8. The number of urea groups is 1. The van der Waals surface area contributed by atoms with Gasteiger partial charge in [0.2, 0.25) is 5.91 Å². The van der Waals surface area contributed by atoms with Crippen LogP contribution in [-0.2, 0) is 16.0 Å². The van der Waals surface area contributed by atoms with Gasteiger partial charge in [-0.3, -0.25) is 14.6 Å². The maximum absolute atomic E-state index is 12.8. The van der Waals surface area contributed by atoms with Crippen molar-refractivity contribution in [3.8, 4) is 0 Å². The summed E-state index contributed by atoms with van der Waals surface area (Å²) in [6, 6.07) is 5.68. The lowest BCUT2D eigenvalue weighted by molar-refractivity contribution is -0.137. The number of carbonyl (C=O) groups excluding carboxylic acids is 3. The highest BCUT2D eigenvalue weighted by molar-refractivity contribution is 7.07. The van der Waals surface area contributed by atoms with E-state index in [9.17, 15) is 14.4 Å². The van der Waals surface area contributed by atoms with Crippen LogP contribution >= 0.6 is 11.3 Å². The van der Waals surface area contributed by atoms with Gasteiger partial charge in [0.25, 0.3) is 5.91 Å². The Morgan fingerprint density at radius 1 is 1.33 bits per heavy atom. The molecule has 7 nitrogen and oxygen atoms in total. The number of nitrogens with one attached hydrogen (secondary N) is 2. The van der Waals surface area contributed by atoms with Crippen molar-refractivity contribution in [3.05, 3.63) is 52.5 Å². The maximum Gasteiger partial charge on any atom is 0.325 e. The molecule has 1 aliphatic rings. The highest BCUT2D eigenvalue weighted by atomic mass is 32.1. The van der Waals surface area contributed by atoms with Gasteiger partial charge >= 0.3 is 6.03 Å². The molecule has 0 bridgehead atoms. The average Bonchev–Trinajstić information content (AvgIpc) is 3.20. The highest BCUT2D eigenvalue weighted by Crippen LogP contribution is 2.22. The molecule has 0 aliphatic carbocycles.